The molecule has 3 aromatic heterocycles. The zero-order chi connectivity index (χ0) is 23.1. The Bertz CT molecular complexity index is 1430. The molecule has 0 unspecified atom stereocenters. The van der Waals surface area contributed by atoms with Crippen LogP contribution in [0.15, 0.2) is 41.5 Å². The molecule has 0 atom stereocenters. The van der Waals surface area contributed by atoms with E-state index in [-0.39, 0.29) is 29.4 Å². The molecule has 1 aliphatic heterocycles. The fourth-order valence-corrected chi connectivity index (χ4v) is 4.76. The van der Waals surface area contributed by atoms with Crippen molar-refractivity contribution in [3.63, 3.8) is 0 Å². The number of rotatable bonds is 5. The summed E-state index contributed by atoms with van der Waals surface area (Å²) in [7, 11) is 2.02. The number of hydrogen-bond acceptors (Lipinski definition) is 9. The molecule has 1 aliphatic rings. The number of likely N-dealkylation sites (N-methyl/N-ethyl adjacent to an activating group) is 1. The second-order valence-electron chi connectivity index (χ2n) is 8.24. The van der Waals surface area contributed by atoms with Crippen molar-refractivity contribution in [1.29, 1.82) is 0 Å². The number of anilines is 1. The lowest BCUT2D eigenvalue weighted by molar-refractivity contribution is 0.0933. The predicted octanol–water partition coefficient (Wildman–Crippen LogP) is 2.39. The molecule has 9 nitrogen and oxygen atoms in total. The van der Waals surface area contributed by atoms with Crippen LogP contribution < -0.4 is 11.3 Å². The molecule has 3 N–H and O–H groups in total. The second kappa shape index (κ2) is 8.47. The highest BCUT2D eigenvalue weighted by Crippen LogP contribution is 2.34. The molecule has 0 amide bonds. The Morgan fingerprint density at radius 3 is 2.79 bits per heavy atom. The van der Waals surface area contributed by atoms with Crippen LogP contribution in [0, 0.1) is 6.92 Å². The van der Waals surface area contributed by atoms with Crippen LogP contribution >= 0.6 is 11.3 Å². The zero-order valence-corrected chi connectivity index (χ0v) is 19.1. The SMILES string of the molecule is Cc1cnc(-c2nc(N)c(C(=O)CN3CCN(C)C3)nc2-c2ccc3c(=O)[nH]ccc3c2)s1. The molecule has 4 aromatic rings. The number of nitrogens with zero attached hydrogens (tertiary/aromatic N) is 5. The number of thiazole rings is 1. The Kier molecular flexibility index (Phi) is 5.49. The maximum atomic E-state index is 13.1. The van der Waals surface area contributed by atoms with Gasteiger partial charge in [-0.25, -0.2) is 15.0 Å². The number of carbonyl (C=O) groups is 1. The van der Waals surface area contributed by atoms with Crippen molar-refractivity contribution in [3.8, 4) is 22.0 Å². The standard InChI is InChI=1S/C23H23N7O2S/c1-13-10-26-23(33-13)20-18(15-3-4-16-14(9-15)5-6-25-22(16)32)27-19(21(24)28-20)17(31)11-30-8-7-29(2)12-30/h3-6,9-10H,7-8,11-12H2,1-2H3,(H2,24,28)(H,25,32). The Morgan fingerprint density at radius 1 is 1.21 bits per heavy atom. The van der Waals surface area contributed by atoms with E-state index in [1.807, 2.05) is 32.2 Å². The molecular formula is C23H23N7O2S. The Morgan fingerprint density at radius 2 is 2.06 bits per heavy atom. The van der Waals surface area contributed by atoms with Crippen LogP contribution in [0.5, 0.6) is 0 Å². The van der Waals surface area contributed by atoms with Crippen LogP contribution in [0.25, 0.3) is 32.7 Å². The first-order chi connectivity index (χ1) is 15.9. The third kappa shape index (κ3) is 4.15. The molecule has 0 spiro atoms. The number of nitrogens with one attached hydrogen (secondary N) is 1. The zero-order valence-electron chi connectivity index (χ0n) is 18.3. The maximum absolute atomic E-state index is 13.1. The fraction of sp³-hybridized carbons (Fsp3) is 0.261. The van der Waals surface area contributed by atoms with Crippen LogP contribution in [0.2, 0.25) is 0 Å². The lowest BCUT2D eigenvalue weighted by atomic mass is 10.0. The first-order valence-electron chi connectivity index (χ1n) is 10.6. The molecule has 1 aromatic carbocycles. The van der Waals surface area contributed by atoms with Crippen molar-refractivity contribution >= 4 is 33.7 Å². The van der Waals surface area contributed by atoms with Gasteiger partial charge in [0.2, 0.25) is 0 Å². The molecule has 0 radical (unpaired) electrons. The summed E-state index contributed by atoms with van der Waals surface area (Å²) in [6.07, 6.45) is 3.38. The van der Waals surface area contributed by atoms with Crippen LogP contribution in [-0.4, -0.2) is 68.9 Å². The summed E-state index contributed by atoms with van der Waals surface area (Å²) in [5.41, 5.74) is 8.00. The van der Waals surface area contributed by atoms with E-state index in [1.54, 1.807) is 18.5 Å². The normalized spacial score (nSPS) is 14.8. The first-order valence-corrected chi connectivity index (χ1v) is 11.4. The summed E-state index contributed by atoms with van der Waals surface area (Å²) in [6.45, 7) is 4.65. The Hall–Kier alpha value is -3.47. The molecule has 33 heavy (non-hydrogen) atoms. The third-order valence-corrected chi connectivity index (χ3v) is 6.58. The third-order valence-electron chi connectivity index (χ3n) is 5.66. The van der Waals surface area contributed by atoms with Crippen molar-refractivity contribution in [1.82, 2.24) is 29.7 Å². The quantitative estimate of drug-likeness (QED) is 0.435. The Labute approximate surface area is 193 Å². The van der Waals surface area contributed by atoms with Gasteiger partial charge in [-0.1, -0.05) is 6.07 Å². The minimum Gasteiger partial charge on any atom is -0.382 e. The molecular weight excluding hydrogens is 438 g/mol. The molecule has 5 rings (SSSR count). The lowest BCUT2D eigenvalue weighted by Crippen LogP contribution is -2.30. The Balaban J connectivity index is 1.63. The van der Waals surface area contributed by atoms with E-state index in [4.69, 9.17) is 10.7 Å². The summed E-state index contributed by atoms with van der Waals surface area (Å²) < 4.78 is 0. The largest absolute Gasteiger partial charge is 0.382 e. The number of Topliss-reactive ketones (excluding diaryl/α,β-unsaturated/α-hetero) is 1. The molecule has 168 valence electrons. The summed E-state index contributed by atoms with van der Waals surface area (Å²) in [6, 6.07) is 7.26. The average molecular weight is 462 g/mol. The lowest BCUT2D eigenvalue weighted by Gasteiger charge is -2.16. The van der Waals surface area contributed by atoms with Crippen LogP contribution in [0.3, 0.4) is 0 Å². The smallest absolute Gasteiger partial charge is 0.255 e. The van der Waals surface area contributed by atoms with Gasteiger partial charge in [-0.3, -0.25) is 19.4 Å². The van der Waals surface area contributed by atoms with Gasteiger partial charge in [-0.05, 0) is 37.6 Å². The van der Waals surface area contributed by atoms with Crippen molar-refractivity contribution in [2.24, 2.45) is 0 Å². The molecule has 0 aliphatic carbocycles. The molecule has 0 bridgehead atoms. The van der Waals surface area contributed by atoms with Gasteiger partial charge >= 0.3 is 0 Å². The number of aromatic amines is 1. The first kappa shape index (κ1) is 21.4. The van der Waals surface area contributed by atoms with Gasteiger partial charge in [0.25, 0.3) is 5.56 Å². The number of ketones is 1. The van der Waals surface area contributed by atoms with Gasteiger partial charge in [0.1, 0.15) is 16.4 Å². The van der Waals surface area contributed by atoms with Crippen molar-refractivity contribution < 1.29 is 4.79 Å². The fourth-order valence-electron chi connectivity index (χ4n) is 4.01. The van der Waals surface area contributed by atoms with Crippen LogP contribution in [-0.2, 0) is 0 Å². The number of benzene rings is 1. The van der Waals surface area contributed by atoms with E-state index in [0.29, 0.717) is 21.8 Å². The van der Waals surface area contributed by atoms with Gasteiger partial charge in [-0.15, -0.1) is 11.3 Å². The summed E-state index contributed by atoms with van der Waals surface area (Å²) in [4.78, 5) is 46.9. The minimum absolute atomic E-state index is 0.0939. The molecule has 1 saturated heterocycles. The number of aryl methyl sites for hydroxylation is 1. The van der Waals surface area contributed by atoms with Crippen LogP contribution in [0.1, 0.15) is 15.4 Å². The number of nitrogen functional groups attached to an aromatic ring is 1. The van der Waals surface area contributed by atoms with Gasteiger partial charge in [0.05, 0.1) is 13.2 Å². The summed E-state index contributed by atoms with van der Waals surface area (Å²) in [5.74, 6) is -0.0768. The molecule has 1 fully saturated rings. The number of nitrogens with two attached hydrogens (primary N) is 1. The number of H-pyrrole nitrogens is 1. The average Bonchev–Trinajstić information content (AvgIpc) is 3.41. The van der Waals surface area contributed by atoms with Crippen molar-refractivity contribution in [2.45, 2.75) is 6.92 Å². The van der Waals surface area contributed by atoms with E-state index in [2.05, 4.69) is 24.8 Å². The maximum Gasteiger partial charge on any atom is 0.255 e. The number of carbonyl (C=O) groups excluding carboxylic acids is 1. The summed E-state index contributed by atoms with van der Waals surface area (Å²) in [5, 5.41) is 2.02. The van der Waals surface area contributed by atoms with E-state index >= 15 is 0 Å². The van der Waals surface area contributed by atoms with E-state index < -0.39 is 0 Å². The van der Waals surface area contributed by atoms with Gasteiger partial charge in [0.15, 0.2) is 17.3 Å². The van der Waals surface area contributed by atoms with Gasteiger partial charge < -0.3 is 10.7 Å². The van der Waals surface area contributed by atoms with E-state index in [1.165, 1.54) is 11.3 Å². The van der Waals surface area contributed by atoms with Gasteiger partial charge in [-0.2, -0.15) is 0 Å². The van der Waals surface area contributed by atoms with Crippen molar-refractivity contribution in [2.75, 3.05) is 39.1 Å². The highest BCUT2D eigenvalue weighted by atomic mass is 32.1. The number of hydrogen-bond donors (Lipinski definition) is 2. The monoisotopic (exact) mass is 461 g/mol. The minimum atomic E-state index is -0.171. The second-order valence-corrected chi connectivity index (χ2v) is 9.47. The molecule has 4 heterocycles. The highest BCUT2D eigenvalue weighted by molar-refractivity contribution is 7.14. The van der Waals surface area contributed by atoms with E-state index in [0.717, 1.165) is 35.6 Å². The topological polar surface area (TPSA) is 121 Å². The predicted molar refractivity (Wildman–Crippen MR) is 129 cm³/mol. The highest BCUT2D eigenvalue weighted by Gasteiger charge is 2.25. The number of aromatic nitrogens is 4. The number of pyridine rings is 1. The number of fused-ring (bicyclic) bond motifs is 1. The van der Waals surface area contributed by atoms with Gasteiger partial charge in [0, 0.05) is 41.3 Å². The van der Waals surface area contributed by atoms with E-state index in [9.17, 15) is 9.59 Å². The molecule has 10 heteroatoms. The van der Waals surface area contributed by atoms with Crippen molar-refractivity contribution in [3.05, 3.63) is 57.6 Å². The molecule has 0 saturated carbocycles. The van der Waals surface area contributed by atoms with Crippen LogP contribution in [0.4, 0.5) is 5.82 Å². The summed E-state index contributed by atoms with van der Waals surface area (Å²) >= 11 is 1.48.